The summed E-state index contributed by atoms with van der Waals surface area (Å²) in [4.78, 5) is 11.4. The Labute approximate surface area is 119 Å². The monoisotopic (exact) mass is 323 g/mol. The van der Waals surface area contributed by atoms with Crippen LogP contribution >= 0.6 is 15.9 Å². The normalized spacial score (nSPS) is 10.7. The van der Waals surface area contributed by atoms with Crippen molar-refractivity contribution in [1.82, 2.24) is 15.5 Å². The first-order valence-corrected chi connectivity index (χ1v) is 6.71. The largest absolute Gasteiger partial charge is 0.419 e. The molecule has 1 aromatic carbocycles. The molecule has 0 saturated heterocycles. The van der Waals surface area contributed by atoms with Crippen LogP contribution in [-0.2, 0) is 11.3 Å². The third-order valence-electron chi connectivity index (χ3n) is 2.48. The van der Waals surface area contributed by atoms with Crippen LogP contribution < -0.4 is 5.32 Å². The standard InChI is InChI=1S/C13H14BrN3O2/c1-8(2)12(18)15-7-11-16-17-13(19-11)9-4-3-5-10(14)6-9/h3-6,8H,7H2,1-2H3,(H,15,18). The van der Waals surface area contributed by atoms with Crippen molar-refractivity contribution in [1.29, 1.82) is 0 Å². The van der Waals surface area contributed by atoms with Crippen molar-refractivity contribution in [3.63, 3.8) is 0 Å². The second-order valence-electron chi connectivity index (χ2n) is 4.38. The average molecular weight is 324 g/mol. The zero-order chi connectivity index (χ0) is 13.8. The molecule has 0 aliphatic heterocycles. The van der Waals surface area contributed by atoms with Crippen LogP contribution in [0.5, 0.6) is 0 Å². The first kappa shape index (κ1) is 13.7. The molecule has 0 atom stereocenters. The Kier molecular flexibility index (Phi) is 4.31. The molecule has 1 N–H and O–H groups in total. The van der Waals surface area contributed by atoms with Gasteiger partial charge in [0.25, 0.3) is 0 Å². The topological polar surface area (TPSA) is 68.0 Å². The molecule has 0 unspecified atom stereocenters. The van der Waals surface area contributed by atoms with E-state index in [2.05, 4.69) is 31.4 Å². The molecular formula is C13H14BrN3O2. The third-order valence-corrected chi connectivity index (χ3v) is 2.97. The predicted octanol–water partition coefficient (Wildman–Crippen LogP) is 2.77. The molecule has 0 fully saturated rings. The van der Waals surface area contributed by atoms with Crippen LogP contribution in [0.1, 0.15) is 19.7 Å². The van der Waals surface area contributed by atoms with Crippen molar-refractivity contribution in [2.24, 2.45) is 5.92 Å². The Morgan fingerprint density at radius 2 is 2.21 bits per heavy atom. The lowest BCUT2D eigenvalue weighted by Gasteiger charge is -2.04. The molecule has 100 valence electrons. The van der Waals surface area contributed by atoms with Crippen molar-refractivity contribution in [2.75, 3.05) is 0 Å². The van der Waals surface area contributed by atoms with Gasteiger partial charge in [-0.15, -0.1) is 10.2 Å². The molecule has 2 rings (SSSR count). The molecule has 0 aliphatic carbocycles. The number of hydrogen-bond donors (Lipinski definition) is 1. The summed E-state index contributed by atoms with van der Waals surface area (Å²) in [5.74, 6) is 0.730. The van der Waals surface area contributed by atoms with Crippen LogP contribution in [-0.4, -0.2) is 16.1 Å². The van der Waals surface area contributed by atoms with Crippen LogP contribution in [0.4, 0.5) is 0 Å². The minimum atomic E-state index is -0.0625. The van der Waals surface area contributed by atoms with Crippen LogP contribution in [0.15, 0.2) is 33.2 Å². The van der Waals surface area contributed by atoms with Crippen molar-refractivity contribution in [3.05, 3.63) is 34.6 Å². The summed E-state index contributed by atoms with van der Waals surface area (Å²) in [7, 11) is 0. The Bertz CT molecular complexity index is 581. The first-order chi connectivity index (χ1) is 9.06. The van der Waals surface area contributed by atoms with Crippen molar-refractivity contribution < 1.29 is 9.21 Å². The Morgan fingerprint density at radius 3 is 2.89 bits per heavy atom. The van der Waals surface area contributed by atoms with E-state index >= 15 is 0 Å². The molecule has 0 radical (unpaired) electrons. The SMILES string of the molecule is CC(C)C(=O)NCc1nnc(-c2cccc(Br)c2)o1. The maximum Gasteiger partial charge on any atom is 0.247 e. The number of aromatic nitrogens is 2. The summed E-state index contributed by atoms with van der Waals surface area (Å²) in [6, 6.07) is 7.59. The van der Waals surface area contributed by atoms with E-state index in [1.54, 1.807) is 0 Å². The van der Waals surface area contributed by atoms with E-state index in [4.69, 9.17) is 4.42 Å². The van der Waals surface area contributed by atoms with E-state index in [1.165, 1.54) is 0 Å². The lowest BCUT2D eigenvalue weighted by atomic mass is 10.2. The third kappa shape index (κ3) is 3.64. The van der Waals surface area contributed by atoms with Gasteiger partial charge in [0, 0.05) is 16.0 Å². The van der Waals surface area contributed by atoms with E-state index in [0.29, 0.717) is 11.8 Å². The van der Waals surface area contributed by atoms with Crippen molar-refractivity contribution in [3.8, 4) is 11.5 Å². The second-order valence-corrected chi connectivity index (χ2v) is 5.30. The summed E-state index contributed by atoms with van der Waals surface area (Å²) < 4.78 is 6.44. The molecule has 0 aliphatic rings. The number of halogens is 1. The molecule has 0 spiro atoms. The van der Waals surface area contributed by atoms with Gasteiger partial charge >= 0.3 is 0 Å². The molecule has 1 heterocycles. The van der Waals surface area contributed by atoms with Gasteiger partial charge in [-0.25, -0.2) is 0 Å². The Hall–Kier alpha value is -1.69. The summed E-state index contributed by atoms with van der Waals surface area (Å²) >= 11 is 3.39. The maximum absolute atomic E-state index is 11.4. The van der Waals surface area contributed by atoms with Crippen LogP contribution in [0.3, 0.4) is 0 Å². The lowest BCUT2D eigenvalue weighted by Crippen LogP contribution is -2.27. The fourth-order valence-electron chi connectivity index (χ4n) is 1.43. The number of carbonyl (C=O) groups excluding carboxylic acids is 1. The van der Waals surface area contributed by atoms with Gasteiger partial charge in [0.1, 0.15) is 0 Å². The molecule has 19 heavy (non-hydrogen) atoms. The van der Waals surface area contributed by atoms with Crippen molar-refractivity contribution in [2.45, 2.75) is 20.4 Å². The molecule has 2 aromatic rings. The fourth-order valence-corrected chi connectivity index (χ4v) is 1.83. The number of carbonyl (C=O) groups is 1. The quantitative estimate of drug-likeness (QED) is 0.939. The van der Waals surface area contributed by atoms with Crippen molar-refractivity contribution >= 4 is 21.8 Å². The van der Waals surface area contributed by atoms with Gasteiger partial charge in [-0.3, -0.25) is 4.79 Å². The summed E-state index contributed by atoms with van der Waals surface area (Å²) in [5.41, 5.74) is 0.836. The minimum Gasteiger partial charge on any atom is -0.419 e. The van der Waals surface area contributed by atoms with Gasteiger partial charge in [-0.1, -0.05) is 35.8 Å². The molecule has 5 nitrogen and oxygen atoms in total. The van der Waals surface area contributed by atoms with Crippen LogP contribution in [0.2, 0.25) is 0 Å². The zero-order valence-corrected chi connectivity index (χ0v) is 12.3. The average Bonchev–Trinajstić information content (AvgIpc) is 2.84. The highest BCUT2D eigenvalue weighted by Gasteiger charge is 2.11. The predicted molar refractivity (Wildman–Crippen MR) is 74.1 cm³/mol. The molecule has 0 saturated carbocycles. The maximum atomic E-state index is 11.4. The highest BCUT2D eigenvalue weighted by Crippen LogP contribution is 2.21. The number of nitrogens with zero attached hydrogens (tertiary/aromatic N) is 2. The number of hydrogen-bond acceptors (Lipinski definition) is 4. The highest BCUT2D eigenvalue weighted by atomic mass is 79.9. The minimum absolute atomic E-state index is 0.0396. The molecule has 1 aromatic heterocycles. The Morgan fingerprint density at radius 1 is 1.42 bits per heavy atom. The Balaban J connectivity index is 2.05. The number of amides is 1. The van der Waals surface area contributed by atoms with E-state index in [-0.39, 0.29) is 18.4 Å². The van der Waals surface area contributed by atoms with Gasteiger partial charge in [-0.05, 0) is 18.2 Å². The van der Waals surface area contributed by atoms with E-state index < -0.39 is 0 Å². The van der Waals surface area contributed by atoms with E-state index in [0.717, 1.165) is 10.0 Å². The fraction of sp³-hybridized carbons (Fsp3) is 0.308. The van der Waals surface area contributed by atoms with Gasteiger partial charge < -0.3 is 9.73 Å². The van der Waals surface area contributed by atoms with Gasteiger partial charge in [0.15, 0.2) is 0 Å². The highest BCUT2D eigenvalue weighted by molar-refractivity contribution is 9.10. The zero-order valence-electron chi connectivity index (χ0n) is 10.7. The van der Waals surface area contributed by atoms with Gasteiger partial charge in [0.2, 0.25) is 17.7 Å². The second kappa shape index (κ2) is 5.97. The summed E-state index contributed by atoms with van der Waals surface area (Å²) in [5, 5.41) is 10.6. The van der Waals surface area contributed by atoms with Crippen LogP contribution in [0.25, 0.3) is 11.5 Å². The smallest absolute Gasteiger partial charge is 0.247 e. The lowest BCUT2D eigenvalue weighted by molar-refractivity contribution is -0.124. The number of benzene rings is 1. The molecule has 1 amide bonds. The first-order valence-electron chi connectivity index (χ1n) is 5.92. The summed E-state index contributed by atoms with van der Waals surface area (Å²) in [6.45, 7) is 3.91. The van der Waals surface area contributed by atoms with Gasteiger partial charge in [0.05, 0.1) is 6.54 Å². The summed E-state index contributed by atoms with van der Waals surface area (Å²) in [6.07, 6.45) is 0. The molecule has 6 heteroatoms. The van der Waals surface area contributed by atoms with Gasteiger partial charge in [-0.2, -0.15) is 0 Å². The molecular weight excluding hydrogens is 310 g/mol. The number of nitrogens with one attached hydrogen (secondary N) is 1. The number of rotatable bonds is 4. The van der Waals surface area contributed by atoms with Crippen LogP contribution in [0, 0.1) is 5.92 Å². The molecule has 0 bridgehead atoms. The van der Waals surface area contributed by atoms with E-state index in [9.17, 15) is 4.79 Å². The van der Waals surface area contributed by atoms with E-state index in [1.807, 2.05) is 38.1 Å².